The van der Waals surface area contributed by atoms with Gasteiger partial charge >= 0.3 is 12.1 Å². The van der Waals surface area contributed by atoms with Crippen molar-refractivity contribution in [3.05, 3.63) is 48.0 Å². The summed E-state index contributed by atoms with van der Waals surface area (Å²) < 4.78 is 9.93. The number of hydrogen-bond donors (Lipinski definition) is 3. The largest absolute Gasteiger partial charge is 0.463 e. The van der Waals surface area contributed by atoms with Gasteiger partial charge in [0.25, 0.3) is 0 Å². The van der Waals surface area contributed by atoms with Crippen molar-refractivity contribution in [3.8, 4) is 0 Å². The lowest BCUT2D eigenvalue weighted by atomic mass is 10.0. The molecular weight excluding hydrogens is 402 g/mol. The number of primary amides is 1. The predicted molar refractivity (Wildman–Crippen MR) is 115 cm³/mol. The quantitative estimate of drug-likeness (QED) is 0.340. The van der Waals surface area contributed by atoms with Crippen LogP contribution in [0.15, 0.2) is 42.5 Å². The molecule has 0 aliphatic carbocycles. The van der Waals surface area contributed by atoms with Gasteiger partial charge in [0.05, 0.1) is 6.61 Å². The topological polar surface area (TPSA) is 137 Å². The van der Waals surface area contributed by atoms with Gasteiger partial charge in [-0.1, -0.05) is 50.3 Å². The Labute approximate surface area is 182 Å². The number of carbonyl (C=O) groups excluding carboxylic acids is 4. The number of benzene rings is 1. The maximum absolute atomic E-state index is 12.7. The molecule has 0 saturated heterocycles. The Morgan fingerprint density at radius 3 is 2.29 bits per heavy atom. The van der Waals surface area contributed by atoms with Gasteiger partial charge in [-0.25, -0.2) is 9.59 Å². The van der Waals surface area contributed by atoms with Gasteiger partial charge in [-0.15, -0.1) is 0 Å². The highest BCUT2D eigenvalue weighted by molar-refractivity contribution is 5.91. The number of nitrogens with two attached hydrogens (primary N) is 1. The van der Waals surface area contributed by atoms with E-state index in [1.54, 1.807) is 6.92 Å². The molecule has 3 amide bonds. The monoisotopic (exact) mass is 433 g/mol. The zero-order chi connectivity index (χ0) is 23.2. The standard InChI is InChI=1S/C22H31N3O6/c1-4-30-19(26)12-8-11-17(20(23)27)24-21(28)18(13-15(2)3)25-22(29)31-14-16-9-6-5-7-10-16/h5-10,12,15,17-18H,4,11,13-14H2,1-3H3,(H2,23,27)(H,24,28)(H,25,29)/b12-8+/t17-,18+/m1/s1. The Morgan fingerprint density at radius 1 is 1.03 bits per heavy atom. The predicted octanol–water partition coefficient (Wildman–Crippen LogP) is 1.81. The van der Waals surface area contributed by atoms with Crippen LogP contribution in [0.2, 0.25) is 0 Å². The van der Waals surface area contributed by atoms with Crippen LogP contribution < -0.4 is 16.4 Å². The SMILES string of the molecule is CCOC(=O)/C=C/C[C@@H](NC(=O)[C@H](CC(C)C)NC(=O)OCc1ccccc1)C(N)=O. The van der Waals surface area contributed by atoms with E-state index < -0.39 is 36.0 Å². The Bertz CT molecular complexity index is 764. The molecule has 1 aromatic carbocycles. The number of rotatable bonds is 12. The normalized spacial score (nSPS) is 12.8. The molecule has 0 bridgehead atoms. The molecule has 0 unspecified atom stereocenters. The molecule has 170 valence electrons. The average molecular weight is 434 g/mol. The van der Waals surface area contributed by atoms with Crippen molar-refractivity contribution in [2.75, 3.05) is 6.61 Å². The minimum absolute atomic E-state index is 0.00669. The number of nitrogens with one attached hydrogen (secondary N) is 2. The maximum Gasteiger partial charge on any atom is 0.408 e. The van der Waals surface area contributed by atoms with Crippen LogP contribution >= 0.6 is 0 Å². The molecule has 9 heteroatoms. The van der Waals surface area contributed by atoms with Crippen molar-refractivity contribution in [2.24, 2.45) is 11.7 Å². The molecular formula is C22H31N3O6. The van der Waals surface area contributed by atoms with E-state index >= 15 is 0 Å². The van der Waals surface area contributed by atoms with Crippen molar-refractivity contribution < 1.29 is 28.7 Å². The second-order valence-electron chi connectivity index (χ2n) is 7.24. The van der Waals surface area contributed by atoms with Crippen LogP contribution in [0.25, 0.3) is 0 Å². The van der Waals surface area contributed by atoms with Gasteiger partial charge in [0.1, 0.15) is 18.7 Å². The molecule has 4 N–H and O–H groups in total. The van der Waals surface area contributed by atoms with E-state index in [1.807, 2.05) is 44.2 Å². The highest BCUT2D eigenvalue weighted by Gasteiger charge is 2.26. The molecule has 2 atom stereocenters. The van der Waals surface area contributed by atoms with Crippen LogP contribution in [-0.4, -0.2) is 42.6 Å². The second kappa shape index (κ2) is 13.8. The van der Waals surface area contributed by atoms with E-state index in [9.17, 15) is 19.2 Å². The number of amides is 3. The summed E-state index contributed by atoms with van der Waals surface area (Å²) in [6, 6.07) is 7.16. The molecule has 0 radical (unpaired) electrons. The van der Waals surface area contributed by atoms with Crippen LogP contribution in [0, 0.1) is 5.92 Å². The summed E-state index contributed by atoms with van der Waals surface area (Å²) in [6.45, 7) is 5.74. The Balaban J connectivity index is 2.70. The first kappa shape index (κ1) is 25.7. The third-order valence-corrected chi connectivity index (χ3v) is 4.10. The number of ether oxygens (including phenoxy) is 2. The molecule has 1 rings (SSSR count). The average Bonchev–Trinajstić information content (AvgIpc) is 2.71. The van der Waals surface area contributed by atoms with Crippen LogP contribution in [0.4, 0.5) is 4.79 Å². The Hall–Kier alpha value is -3.36. The summed E-state index contributed by atoms with van der Waals surface area (Å²) in [6.07, 6.45) is 2.15. The maximum atomic E-state index is 12.7. The highest BCUT2D eigenvalue weighted by atomic mass is 16.5. The van der Waals surface area contributed by atoms with Crippen LogP contribution in [0.5, 0.6) is 0 Å². The van der Waals surface area contributed by atoms with Crippen molar-refractivity contribution in [1.29, 1.82) is 0 Å². The summed E-state index contributed by atoms with van der Waals surface area (Å²) in [5, 5.41) is 5.06. The number of hydrogen-bond acceptors (Lipinski definition) is 6. The fraction of sp³-hybridized carbons (Fsp3) is 0.455. The summed E-state index contributed by atoms with van der Waals surface area (Å²) in [5.41, 5.74) is 6.17. The Morgan fingerprint density at radius 2 is 1.71 bits per heavy atom. The van der Waals surface area contributed by atoms with Gasteiger partial charge in [-0.3, -0.25) is 9.59 Å². The lowest BCUT2D eigenvalue weighted by molar-refractivity contribution is -0.137. The molecule has 9 nitrogen and oxygen atoms in total. The molecule has 0 fully saturated rings. The summed E-state index contributed by atoms with van der Waals surface area (Å²) in [4.78, 5) is 47.9. The lowest BCUT2D eigenvalue weighted by Gasteiger charge is -2.22. The van der Waals surface area contributed by atoms with E-state index in [2.05, 4.69) is 10.6 Å². The molecule has 0 aromatic heterocycles. The fourth-order valence-electron chi connectivity index (χ4n) is 2.62. The number of esters is 1. The molecule has 0 saturated carbocycles. The Kier molecular flexibility index (Phi) is 11.4. The number of alkyl carbamates (subject to hydrolysis) is 1. The first-order valence-electron chi connectivity index (χ1n) is 10.1. The van der Waals surface area contributed by atoms with Crippen LogP contribution in [0.3, 0.4) is 0 Å². The fourth-order valence-corrected chi connectivity index (χ4v) is 2.62. The summed E-state index contributed by atoms with van der Waals surface area (Å²) in [5.74, 6) is -1.81. The van der Waals surface area contributed by atoms with Gasteiger partial charge in [0.2, 0.25) is 11.8 Å². The molecule has 0 aliphatic rings. The van der Waals surface area contributed by atoms with Gasteiger partial charge in [-0.05, 0) is 31.2 Å². The third-order valence-electron chi connectivity index (χ3n) is 4.10. The molecule has 0 heterocycles. The minimum atomic E-state index is -1.05. The smallest absolute Gasteiger partial charge is 0.408 e. The third kappa shape index (κ3) is 10.8. The second-order valence-corrected chi connectivity index (χ2v) is 7.24. The molecule has 1 aromatic rings. The van der Waals surface area contributed by atoms with Crippen molar-refractivity contribution in [3.63, 3.8) is 0 Å². The first-order valence-corrected chi connectivity index (χ1v) is 10.1. The zero-order valence-corrected chi connectivity index (χ0v) is 18.1. The van der Waals surface area contributed by atoms with Crippen molar-refractivity contribution >= 4 is 23.9 Å². The van der Waals surface area contributed by atoms with Crippen molar-refractivity contribution in [1.82, 2.24) is 10.6 Å². The summed E-state index contributed by atoms with van der Waals surface area (Å²) in [7, 11) is 0. The van der Waals surface area contributed by atoms with Crippen LogP contribution in [0.1, 0.15) is 39.2 Å². The van der Waals surface area contributed by atoms with E-state index in [1.165, 1.54) is 6.08 Å². The van der Waals surface area contributed by atoms with Crippen molar-refractivity contribution in [2.45, 2.75) is 52.3 Å². The van der Waals surface area contributed by atoms with E-state index in [0.717, 1.165) is 11.6 Å². The zero-order valence-electron chi connectivity index (χ0n) is 18.1. The highest BCUT2D eigenvalue weighted by Crippen LogP contribution is 2.08. The van der Waals surface area contributed by atoms with E-state index in [-0.39, 0.29) is 25.6 Å². The molecule has 0 spiro atoms. The van der Waals surface area contributed by atoms with Crippen LogP contribution in [-0.2, 0) is 30.5 Å². The van der Waals surface area contributed by atoms with Gasteiger partial charge < -0.3 is 25.8 Å². The van der Waals surface area contributed by atoms with E-state index in [4.69, 9.17) is 15.2 Å². The van der Waals surface area contributed by atoms with Gasteiger partial charge in [-0.2, -0.15) is 0 Å². The van der Waals surface area contributed by atoms with E-state index in [0.29, 0.717) is 6.42 Å². The van der Waals surface area contributed by atoms with Gasteiger partial charge in [0, 0.05) is 6.08 Å². The molecule has 0 aliphatic heterocycles. The first-order chi connectivity index (χ1) is 14.7. The van der Waals surface area contributed by atoms with Gasteiger partial charge in [0.15, 0.2) is 0 Å². The minimum Gasteiger partial charge on any atom is -0.463 e. The number of carbonyl (C=O) groups is 4. The lowest BCUT2D eigenvalue weighted by Crippen LogP contribution is -2.53. The molecule has 31 heavy (non-hydrogen) atoms. The summed E-state index contributed by atoms with van der Waals surface area (Å²) >= 11 is 0.